The van der Waals surface area contributed by atoms with Gasteiger partial charge in [-0.3, -0.25) is 4.79 Å². The van der Waals surface area contributed by atoms with Crippen LogP contribution in [0.3, 0.4) is 0 Å². The molecule has 29 heavy (non-hydrogen) atoms. The van der Waals surface area contributed by atoms with Crippen LogP contribution < -0.4 is 0 Å². The lowest BCUT2D eigenvalue weighted by Crippen LogP contribution is -2.42. The van der Waals surface area contributed by atoms with E-state index < -0.39 is 27.8 Å². The van der Waals surface area contributed by atoms with Gasteiger partial charge in [0.2, 0.25) is 10.0 Å². The minimum atomic E-state index is -3.87. The van der Waals surface area contributed by atoms with Crippen molar-refractivity contribution < 1.29 is 13.2 Å². The number of hydrogen-bond acceptors (Lipinski definition) is 6. The van der Waals surface area contributed by atoms with Gasteiger partial charge in [-0.25, -0.2) is 13.4 Å². The van der Waals surface area contributed by atoms with Gasteiger partial charge in [-0.05, 0) is 49.2 Å². The van der Waals surface area contributed by atoms with Gasteiger partial charge in [0, 0.05) is 11.6 Å². The fourth-order valence-corrected chi connectivity index (χ4v) is 6.31. The van der Waals surface area contributed by atoms with Crippen molar-refractivity contribution in [2.24, 2.45) is 0 Å². The fraction of sp³-hybridized carbons (Fsp3) is 0.250. The molecule has 6 nitrogen and oxygen atoms in total. The summed E-state index contributed by atoms with van der Waals surface area (Å²) in [5.41, 5.74) is 0.720. The highest BCUT2D eigenvalue weighted by Crippen LogP contribution is 2.33. The van der Waals surface area contributed by atoms with Gasteiger partial charge in [0.25, 0.3) is 0 Å². The summed E-state index contributed by atoms with van der Waals surface area (Å²) in [6.45, 7) is 0.235. The highest BCUT2D eigenvalue weighted by Gasteiger charge is 2.42. The second-order valence-electron chi connectivity index (χ2n) is 6.71. The van der Waals surface area contributed by atoms with Crippen molar-refractivity contribution in [1.29, 1.82) is 5.26 Å². The zero-order chi connectivity index (χ0) is 20.6. The SMILES string of the molecule is N#C[C@H](C(=O)[C@@H]1CCCN1S(=O)(=O)c1ccc(Cl)cc1)c1nc2ccccc2s1. The van der Waals surface area contributed by atoms with Gasteiger partial charge >= 0.3 is 0 Å². The van der Waals surface area contributed by atoms with E-state index in [0.717, 1.165) is 10.2 Å². The number of fused-ring (bicyclic) bond motifs is 1. The molecule has 2 aromatic carbocycles. The number of para-hydroxylation sites is 1. The van der Waals surface area contributed by atoms with Gasteiger partial charge in [0.15, 0.2) is 11.7 Å². The molecule has 1 fully saturated rings. The number of hydrogen-bond donors (Lipinski definition) is 0. The van der Waals surface area contributed by atoms with Gasteiger partial charge < -0.3 is 0 Å². The average Bonchev–Trinajstić information content (AvgIpc) is 3.36. The number of thiazole rings is 1. The maximum Gasteiger partial charge on any atom is 0.243 e. The van der Waals surface area contributed by atoms with Gasteiger partial charge in [-0.1, -0.05) is 23.7 Å². The van der Waals surface area contributed by atoms with E-state index in [4.69, 9.17) is 11.6 Å². The Morgan fingerprint density at radius 2 is 1.97 bits per heavy atom. The van der Waals surface area contributed by atoms with Crippen LogP contribution in [0.2, 0.25) is 5.02 Å². The van der Waals surface area contributed by atoms with Crippen LogP contribution in [0.15, 0.2) is 53.4 Å². The molecular formula is C20H16ClN3O3S2. The van der Waals surface area contributed by atoms with E-state index in [9.17, 15) is 18.5 Å². The molecule has 0 amide bonds. The molecule has 0 radical (unpaired) electrons. The molecule has 148 valence electrons. The van der Waals surface area contributed by atoms with Crippen LogP contribution in [-0.2, 0) is 14.8 Å². The van der Waals surface area contributed by atoms with E-state index in [0.29, 0.717) is 22.9 Å². The summed E-state index contributed by atoms with van der Waals surface area (Å²) in [6.07, 6.45) is 0.940. The number of carbonyl (C=O) groups is 1. The van der Waals surface area contributed by atoms with E-state index in [1.807, 2.05) is 30.3 Å². The van der Waals surface area contributed by atoms with Crippen LogP contribution in [0.4, 0.5) is 0 Å². The molecule has 1 aliphatic heterocycles. The Bertz CT molecular complexity index is 1180. The molecule has 0 bridgehead atoms. The first-order valence-electron chi connectivity index (χ1n) is 8.98. The van der Waals surface area contributed by atoms with Crippen molar-refractivity contribution in [2.45, 2.75) is 29.7 Å². The third-order valence-corrected chi connectivity index (χ3v) is 8.20. The summed E-state index contributed by atoms with van der Waals surface area (Å²) in [5, 5.41) is 10.5. The van der Waals surface area contributed by atoms with Crippen LogP contribution in [0.25, 0.3) is 10.2 Å². The Hall–Kier alpha value is -2.31. The minimum absolute atomic E-state index is 0.0788. The summed E-state index contributed by atoms with van der Waals surface area (Å²) < 4.78 is 28.3. The van der Waals surface area contributed by atoms with Crippen LogP contribution in [0, 0.1) is 11.3 Å². The van der Waals surface area contributed by atoms with Crippen LogP contribution in [0.5, 0.6) is 0 Å². The number of sulfonamides is 1. The first kappa shape index (κ1) is 20.0. The fourth-order valence-electron chi connectivity index (χ4n) is 3.50. The Balaban J connectivity index is 1.66. The molecule has 2 heterocycles. The Morgan fingerprint density at radius 3 is 2.66 bits per heavy atom. The molecule has 0 N–H and O–H groups in total. The molecule has 0 saturated carbocycles. The normalized spacial score (nSPS) is 18.6. The number of aromatic nitrogens is 1. The molecule has 1 aromatic heterocycles. The second kappa shape index (κ2) is 7.84. The first-order valence-corrected chi connectivity index (χ1v) is 11.6. The summed E-state index contributed by atoms with van der Waals surface area (Å²) in [5.74, 6) is -1.53. The third kappa shape index (κ3) is 3.67. The quantitative estimate of drug-likeness (QED) is 0.592. The van der Waals surface area contributed by atoms with Crippen molar-refractivity contribution in [3.63, 3.8) is 0 Å². The van der Waals surface area contributed by atoms with Gasteiger partial charge in [0.05, 0.1) is 27.2 Å². The lowest BCUT2D eigenvalue weighted by atomic mass is 9.99. The van der Waals surface area contributed by atoms with Gasteiger partial charge in [-0.15, -0.1) is 11.3 Å². The topological polar surface area (TPSA) is 91.1 Å². The molecule has 1 aliphatic rings. The summed E-state index contributed by atoms with van der Waals surface area (Å²) in [6, 6.07) is 14.4. The molecule has 1 saturated heterocycles. The highest BCUT2D eigenvalue weighted by atomic mass is 35.5. The maximum atomic E-state index is 13.2. The number of nitriles is 1. The Kier molecular flexibility index (Phi) is 5.40. The number of halogens is 1. The van der Waals surface area contributed by atoms with Gasteiger partial charge in [0.1, 0.15) is 5.01 Å². The smallest absolute Gasteiger partial charge is 0.243 e. The van der Waals surface area contributed by atoms with E-state index in [-0.39, 0.29) is 11.4 Å². The number of nitrogens with zero attached hydrogens (tertiary/aromatic N) is 3. The number of Topliss-reactive ketones (excluding diaryl/α,β-unsaturated/α-hetero) is 1. The molecule has 9 heteroatoms. The minimum Gasteiger partial charge on any atom is -0.296 e. The van der Waals surface area contributed by atoms with E-state index in [1.165, 1.54) is 39.9 Å². The van der Waals surface area contributed by atoms with Crippen LogP contribution in [0.1, 0.15) is 23.8 Å². The molecular weight excluding hydrogens is 430 g/mol. The first-order chi connectivity index (χ1) is 13.9. The molecule has 0 aliphatic carbocycles. The maximum absolute atomic E-state index is 13.2. The Labute approximate surface area is 177 Å². The van der Waals surface area contributed by atoms with Crippen molar-refractivity contribution >= 4 is 49.0 Å². The molecule has 4 rings (SSSR count). The Morgan fingerprint density at radius 1 is 1.24 bits per heavy atom. The number of carbonyl (C=O) groups excluding carboxylic acids is 1. The standard InChI is InChI=1S/C20H16ClN3O3S2/c21-13-7-9-14(10-8-13)29(26,27)24-11-3-5-17(24)19(25)15(12-22)20-23-16-4-1-2-6-18(16)28-20/h1-2,4,6-10,15,17H,3,5,11H2/t15-,17+/m1/s1. The number of benzene rings is 2. The number of rotatable bonds is 5. The van der Waals surface area contributed by atoms with Crippen molar-refractivity contribution in [2.75, 3.05) is 6.54 Å². The lowest BCUT2D eigenvalue weighted by molar-refractivity contribution is -0.122. The lowest BCUT2D eigenvalue weighted by Gasteiger charge is -2.24. The molecule has 2 atom stereocenters. The molecule has 0 unspecified atom stereocenters. The summed E-state index contributed by atoms with van der Waals surface area (Å²) in [7, 11) is -3.87. The van der Waals surface area contributed by atoms with Crippen LogP contribution in [-0.4, -0.2) is 36.1 Å². The monoisotopic (exact) mass is 445 g/mol. The largest absolute Gasteiger partial charge is 0.296 e. The molecule has 3 aromatic rings. The van der Waals surface area contributed by atoms with E-state index in [1.54, 1.807) is 0 Å². The second-order valence-corrected chi connectivity index (χ2v) is 10.1. The summed E-state index contributed by atoms with van der Waals surface area (Å²) in [4.78, 5) is 17.7. The van der Waals surface area contributed by atoms with Crippen LogP contribution >= 0.6 is 22.9 Å². The third-order valence-electron chi connectivity index (χ3n) is 4.92. The number of ketones is 1. The predicted molar refractivity (Wildman–Crippen MR) is 111 cm³/mol. The van der Waals surface area contributed by atoms with Gasteiger partial charge in [-0.2, -0.15) is 9.57 Å². The van der Waals surface area contributed by atoms with E-state index in [2.05, 4.69) is 4.98 Å². The van der Waals surface area contributed by atoms with E-state index >= 15 is 0 Å². The zero-order valence-corrected chi connectivity index (χ0v) is 17.5. The zero-order valence-electron chi connectivity index (χ0n) is 15.2. The highest BCUT2D eigenvalue weighted by molar-refractivity contribution is 7.89. The van der Waals surface area contributed by atoms with Crippen molar-refractivity contribution in [1.82, 2.24) is 9.29 Å². The predicted octanol–water partition coefficient (Wildman–Crippen LogP) is 3.98. The van der Waals surface area contributed by atoms with Crippen molar-refractivity contribution in [3.8, 4) is 6.07 Å². The average molecular weight is 446 g/mol. The molecule has 0 spiro atoms. The van der Waals surface area contributed by atoms with Crippen molar-refractivity contribution in [3.05, 3.63) is 58.6 Å². The summed E-state index contributed by atoms with van der Waals surface area (Å²) >= 11 is 7.14.